The molecule has 0 bridgehead atoms. The normalized spacial score (nSPS) is 19.1. The van der Waals surface area contributed by atoms with Crippen molar-refractivity contribution in [2.75, 3.05) is 18.4 Å². The molecule has 0 radical (unpaired) electrons. The molecule has 2 aromatic carbocycles. The number of anilines is 1. The summed E-state index contributed by atoms with van der Waals surface area (Å²) in [5, 5.41) is 3.00. The number of hydrogen-bond donors (Lipinski definition) is 1. The smallest absolute Gasteiger partial charge is 0.243 e. The van der Waals surface area contributed by atoms with Gasteiger partial charge in [-0.1, -0.05) is 30.3 Å². The average Bonchev–Trinajstić information content (AvgIpc) is 3.29. The molecule has 5 rings (SSSR count). The summed E-state index contributed by atoms with van der Waals surface area (Å²) in [5.74, 6) is 0.581. The monoisotopic (exact) mass is 464 g/mol. The summed E-state index contributed by atoms with van der Waals surface area (Å²) in [6.45, 7) is 1.63. The van der Waals surface area contributed by atoms with Crippen molar-refractivity contribution in [1.82, 2.24) is 13.9 Å². The van der Waals surface area contributed by atoms with E-state index in [0.29, 0.717) is 25.1 Å². The lowest BCUT2D eigenvalue weighted by Crippen LogP contribution is -2.43. The van der Waals surface area contributed by atoms with Gasteiger partial charge < -0.3 is 9.88 Å². The van der Waals surface area contributed by atoms with Crippen LogP contribution < -0.4 is 5.32 Å². The summed E-state index contributed by atoms with van der Waals surface area (Å²) >= 11 is 0. The topological polar surface area (TPSA) is 84.3 Å². The summed E-state index contributed by atoms with van der Waals surface area (Å²) in [7, 11) is -3.60. The maximum absolute atomic E-state index is 13.0. The minimum absolute atomic E-state index is 0.149. The van der Waals surface area contributed by atoms with E-state index in [9.17, 15) is 13.2 Å². The van der Waals surface area contributed by atoms with E-state index in [2.05, 4.69) is 16.1 Å². The average molecular weight is 465 g/mol. The lowest BCUT2D eigenvalue weighted by Gasteiger charge is -2.31. The second kappa shape index (κ2) is 9.11. The molecule has 2 aliphatic heterocycles. The number of hydrogen-bond acceptors (Lipinski definition) is 4. The van der Waals surface area contributed by atoms with Crippen LogP contribution >= 0.6 is 0 Å². The number of amides is 1. The molecule has 1 aromatic heterocycles. The van der Waals surface area contributed by atoms with Gasteiger partial charge in [-0.3, -0.25) is 4.79 Å². The standard InChI is InChI=1S/C25H28N4O3S/c30-25(20-9-7-15-29(17-20)33(31,32)22-11-2-1-3-12-22)26-21-10-6-8-19(16-21)23-18-28-14-5-4-13-24(28)27-23/h1-3,6,8,10-12,16,18,20H,4-5,7,9,13-15,17H2,(H,26,30). The number of aryl methyl sites for hydroxylation is 2. The van der Waals surface area contributed by atoms with Crippen LogP contribution in [0.25, 0.3) is 11.3 Å². The molecule has 7 nitrogen and oxygen atoms in total. The van der Waals surface area contributed by atoms with Gasteiger partial charge in [-0.15, -0.1) is 0 Å². The fraction of sp³-hybridized carbons (Fsp3) is 0.360. The van der Waals surface area contributed by atoms with E-state index >= 15 is 0 Å². The molecule has 1 unspecified atom stereocenters. The SMILES string of the molecule is O=C(Nc1cccc(-c2cn3c(n2)CCCC3)c1)C1CCCN(S(=O)(=O)c2ccccc2)C1. The number of aromatic nitrogens is 2. The highest BCUT2D eigenvalue weighted by atomic mass is 32.2. The maximum atomic E-state index is 13.0. The first-order valence-electron chi connectivity index (χ1n) is 11.5. The minimum Gasteiger partial charge on any atom is -0.334 e. The summed E-state index contributed by atoms with van der Waals surface area (Å²) in [6.07, 6.45) is 6.76. The van der Waals surface area contributed by atoms with E-state index in [1.807, 2.05) is 24.3 Å². The Labute approximate surface area is 194 Å². The summed E-state index contributed by atoms with van der Waals surface area (Å²) in [6, 6.07) is 16.1. The van der Waals surface area contributed by atoms with Gasteiger partial charge in [0.05, 0.1) is 16.5 Å². The molecule has 3 heterocycles. The predicted octanol–water partition coefficient (Wildman–Crippen LogP) is 3.93. The van der Waals surface area contributed by atoms with Crippen molar-refractivity contribution < 1.29 is 13.2 Å². The molecule has 1 N–H and O–H groups in total. The molecular weight excluding hydrogens is 436 g/mol. The molecule has 33 heavy (non-hydrogen) atoms. The van der Waals surface area contributed by atoms with E-state index in [1.165, 1.54) is 17.1 Å². The van der Waals surface area contributed by atoms with Gasteiger partial charge >= 0.3 is 0 Å². The van der Waals surface area contributed by atoms with Gasteiger partial charge in [0.25, 0.3) is 0 Å². The van der Waals surface area contributed by atoms with Crippen LogP contribution in [0.1, 0.15) is 31.5 Å². The van der Waals surface area contributed by atoms with Gasteiger partial charge in [-0.05, 0) is 49.9 Å². The number of piperidine rings is 1. The van der Waals surface area contributed by atoms with Crippen LogP contribution in [0.5, 0.6) is 0 Å². The lowest BCUT2D eigenvalue weighted by atomic mass is 9.98. The molecule has 1 saturated heterocycles. The zero-order valence-electron chi connectivity index (χ0n) is 18.5. The first-order valence-corrected chi connectivity index (χ1v) is 13.0. The molecule has 1 atom stereocenters. The third-order valence-corrected chi connectivity index (χ3v) is 8.35. The van der Waals surface area contributed by atoms with Crippen molar-refractivity contribution in [3.8, 4) is 11.3 Å². The summed E-state index contributed by atoms with van der Waals surface area (Å²) in [5.41, 5.74) is 2.58. The van der Waals surface area contributed by atoms with Crippen LogP contribution in [-0.4, -0.2) is 41.3 Å². The Balaban J connectivity index is 1.29. The Morgan fingerprint density at radius 1 is 1.00 bits per heavy atom. The van der Waals surface area contributed by atoms with Crippen LogP contribution in [-0.2, 0) is 27.8 Å². The Morgan fingerprint density at radius 3 is 2.67 bits per heavy atom. The number of sulfonamides is 1. The van der Waals surface area contributed by atoms with Gasteiger partial charge in [0.1, 0.15) is 5.82 Å². The van der Waals surface area contributed by atoms with E-state index in [0.717, 1.165) is 30.0 Å². The first-order chi connectivity index (χ1) is 16.0. The Kier molecular flexibility index (Phi) is 6.03. The van der Waals surface area contributed by atoms with Gasteiger partial charge in [0.2, 0.25) is 15.9 Å². The summed E-state index contributed by atoms with van der Waals surface area (Å²) in [4.78, 5) is 18.1. The van der Waals surface area contributed by atoms with Crippen molar-refractivity contribution in [3.05, 3.63) is 66.6 Å². The number of rotatable bonds is 5. The quantitative estimate of drug-likeness (QED) is 0.620. The molecule has 2 aliphatic rings. The number of carbonyl (C=O) groups excluding carboxylic acids is 1. The molecule has 172 valence electrons. The van der Waals surface area contributed by atoms with Crippen molar-refractivity contribution in [1.29, 1.82) is 0 Å². The summed E-state index contributed by atoms with van der Waals surface area (Å²) < 4.78 is 29.6. The highest BCUT2D eigenvalue weighted by Crippen LogP contribution is 2.27. The van der Waals surface area contributed by atoms with E-state index < -0.39 is 10.0 Å². The number of carbonyl (C=O) groups is 1. The Morgan fingerprint density at radius 2 is 1.85 bits per heavy atom. The van der Waals surface area contributed by atoms with Crippen molar-refractivity contribution in [2.24, 2.45) is 5.92 Å². The fourth-order valence-corrected chi connectivity index (χ4v) is 6.21. The molecule has 0 aliphatic carbocycles. The van der Waals surface area contributed by atoms with Crippen LogP contribution in [0, 0.1) is 5.92 Å². The van der Waals surface area contributed by atoms with Crippen molar-refractivity contribution in [3.63, 3.8) is 0 Å². The van der Waals surface area contributed by atoms with E-state index in [4.69, 9.17) is 4.98 Å². The van der Waals surface area contributed by atoms with Gasteiger partial charge in [0.15, 0.2) is 0 Å². The molecule has 0 spiro atoms. The second-order valence-electron chi connectivity index (χ2n) is 8.78. The highest BCUT2D eigenvalue weighted by molar-refractivity contribution is 7.89. The number of imidazole rings is 1. The van der Waals surface area contributed by atoms with Crippen molar-refractivity contribution >= 4 is 21.6 Å². The zero-order valence-corrected chi connectivity index (χ0v) is 19.3. The fourth-order valence-electron chi connectivity index (χ4n) is 4.67. The van der Waals surface area contributed by atoms with Gasteiger partial charge in [-0.25, -0.2) is 13.4 Å². The van der Waals surface area contributed by atoms with E-state index in [1.54, 1.807) is 30.3 Å². The maximum Gasteiger partial charge on any atom is 0.243 e. The van der Waals surface area contributed by atoms with Crippen LogP contribution in [0.4, 0.5) is 5.69 Å². The third-order valence-electron chi connectivity index (χ3n) is 6.47. The Bertz CT molecular complexity index is 1230. The molecular formula is C25H28N4O3S. The number of benzene rings is 2. The predicted molar refractivity (Wildman–Crippen MR) is 127 cm³/mol. The molecule has 0 saturated carbocycles. The number of nitrogens with zero attached hydrogens (tertiary/aromatic N) is 3. The molecule has 3 aromatic rings. The molecule has 1 fully saturated rings. The first kappa shape index (κ1) is 21.9. The second-order valence-corrected chi connectivity index (χ2v) is 10.7. The highest BCUT2D eigenvalue weighted by Gasteiger charge is 2.33. The van der Waals surface area contributed by atoms with Crippen molar-refractivity contribution in [2.45, 2.75) is 43.5 Å². The third kappa shape index (κ3) is 4.58. The lowest BCUT2D eigenvalue weighted by molar-refractivity contribution is -0.120. The van der Waals surface area contributed by atoms with Crippen LogP contribution in [0.15, 0.2) is 65.7 Å². The largest absolute Gasteiger partial charge is 0.334 e. The molecule has 8 heteroatoms. The van der Waals surface area contributed by atoms with Gasteiger partial charge in [0, 0.05) is 43.5 Å². The van der Waals surface area contributed by atoms with Crippen LogP contribution in [0.2, 0.25) is 0 Å². The van der Waals surface area contributed by atoms with E-state index in [-0.39, 0.29) is 23.3 Å². The van der Waals surface area contributed by atoms with Gasteiger partial charge in [-0.2, -0.15) is 4.31 Å². The minimum atomic E-state index is -3.60. The van der Waals surface area contributed by atoms with Crippen LogP contribution in [0.3, 0.4) is 0 Å². The Hall–Kier alpha value is -2.97. The zero-order chi connectivity index (χ0) is 22.8. The number of fused-ring (bicyclic) bond motifs is 1. The molecule has 1 amide bonds. The number of nitrogens with one attached hydrogen (secondary N) is 1.